The van der Waals surface area contributed by atoms with Crippen molar-refractivity contribution in [1.29, 1.82) is 0 Å². The van der Waals surface area contributed by atoms with E-state index in [1.807, 2.05) is 6.92 Å². The minimum Gasteiger partial charge on any atom is -0.122 e. The summed E-state index contributed by atoms with van der Waals surface area (Å²) in [6.07, 6.45) is 2.12. The maximum absolute atomic E-state index is 5.70. The molecule has 0 aliphatic heterocycles. The third-order valence-corrected chi connectivity index (χ3v) is 2.58. The van der Waals surface area contributed by atoms with Gasteiger partial charge < -0.3 is 0 Å². The molecule has 0 aromatic heterocycles. The maximum atomic E-state index is 5.70. The van der Waals surface area contributed by atoms with E-state index in [1.165, 1.54) is 22.3 Å². The second kappa shape index (κ2) is 4.48. The first-order chi connectivity index (χ1) is 6.13. The smallest absolute Gasteiger partial charge is 0.0434 e. The standard InChI is InChI=1S/C12H15Cl/c1-9(8-13)6-12-5-4-10(2)11(3)7-12/h4-7H,8H2,1-3H3. The number of allylic oxidation sites excluding steroid dienone is 1. The lowest BCUT2D eigenvalue weighted by atomic mass is 10.1. The molecule has 1 rings (SSSR count). The quantitative estimate of drug-likeness (QED) is 0.626. The van der Waals surface area contributed by atoms with E-state index in [9.17, 15) is 0 Å². The van der Waals surface area contributed by atoms with Crippen LogP contribution in [0.25, 0.3) is 6.08 Å². The molecule has 0 amide bonds. The lowest BCUT2D eigenvalue weighted by Gasteiger charge is -2.01. The Morgan fingerprint density at radius 1 is 1.31 bits per heavy atom. The molecule has 0 fully saturated rings. The van der Waals surface area contributed by atoms with Gasteiger partial charge in [-0.3, -0.25) is 0 Å². The zero-order valence-corrected chi connectivity index (χ0v) is 9.15. The van der Waals surface area contributed by atoms with Gasteiger partial charge in [-0.05, 0) is 37.5 Å². The zero-order valence-electron chi connectivity index (χ0n) is 8.39. The second-order valence-corrected chi connectivity index (χ2v) is 3.74. The molecule has 1 heteroatoms. The number of aryl methyl sites for hydroxylation is 2. The number of halogens is 1. The van der Waals surface area contributed by atoms with E-state index in [1.54, 1.807) is 0 Å². The van der Waals surface area contributed by atoms with Crippen molar-refractivity contribution in [2.45, 2.75) is 20.8 Å². The first-order valence-corrected chi connectivity index (χ1v) is 4.97. The second-order valence-electron chi connectivity index (χ2n) is 3.47. The van der Waals surface area contributed by atoms with E-state index in [-0.39, 0.29) is 0 Å². The molecule has 0 N–H and O–H groups in total. The molecule has 0 spiro atoms. The zero-order chi connectivity index (χ0) is 9.84. The molecule has 0 radical (unpaired) electrons. The highest BCUT2D eigenvalue weighted by molar-refractivity contribution is 6.19. The average Bonchev–Trinajstić information content (AvgIpc) is 2.11. The number of hydrogen-bond acceptors (Lipinski definition) is 0. The fourth-order valence-electron chi connectivity index (χ4n) is 1.18. The molecule has 0 unspecified atom stereocenters. The molecule has 0 atom stereocenters. The number of hydrogen-bond donors (Lipinski definition) is 0. The van der Waals surface area contributed by atoms with Gasteiger partial charge in [0.05, 0.1) is 0 Å². The van der Waals surface area contributed by atoms with Gasteiger partial charge in [-0.25, -0.2) is 0 Å². The summed E-state index contributed by atoms with van der Waals surface area (Å²) in [6, 6.07) is 6.45. The highest BCUT2D eigenvalue weighted by Gasteiger charge is 1.94. The molecule has 1 aromatic rings. The van der Waals surface area contributed by atoms with Crippen molar-refractivity contribution < 1.29 is 0 Å². The van der Waals surface area contributed by atoms with Crippen molar-refractivity contribution >= 4 is 17.7 Å². The Kier molecular flexibility index (Phi) is 3.56. The van der Waals surface area contributed by atoms with Crippen LogP contribution >= 0.6 is 11.6 Å². The molecule has 0 bridgehead atoms. The van der Waals surface area contributed by atoms with Crippen molar-refractivity contribution in [3.05, 3.63) is 40.5 Å². The summed E-state index contributed by atoms with van der Waals surface area (Å²) in [4.78, 5) is 0. The maximum Gasteiger partial charge on any atom is 0.0434 e. The molecule has 0 aliphatic carbocycles. The predicted octanol–water partition coefficient (Wildman–Crippen LogP) is 3.95. The van der Waals surface area contributed by atoms with Crippen molar-refractivity contribution in [3.63, 3.8) is 0 Å². The van der Waals surface area contributed by atoms with Gasteiger partial charge in [0.1, 0.15) is 0 Å². The molecule has 70 valence electrons. The predicted molar refractivity (Wildman–Crippen MR) is 60.3 cm³/mol. The first kappa shape index (κ1) is 10.3. The summed E-state index contributed by atoms with van der Waals surface area (Å²) in [7, 11) is 0. The summed E-state index contributed by atoms with van der Waals surface area (Å²) in [5.41, 5.74) is 5.10. The molecular formula is C12H15Cl. The van der Waals surface area contributed by atoms with Crippen LogP contribution in [0.1, 0.15) is 23.6 Å². The van der Waals surface area contributed by atoms with Gasteiger partial charge >= 0.3 is 0 Å². The van der Waals surface area contributed by atoms with E-state index in [0.717, 1.165) is 0 Å². The number of rotatable bonds is 2. The van der Waals surface area contributed by atoms with Crippen LogP contribution in [0.5, 0.6) is 0 Å². The minimum atomic E-state index is 0.604. The van der Waals surface area contributed by atoms with Gasteiger partial charge in [-0.2, -0.15) is 0 Å². The lowest BCUT2D eigenvalue weighted by molar-refractivity contribution is 1.33. The van der Waals surface area contributed by atoms with Crippen molar-refractivity contribution in [3.8, 4) is 0 Å². The van der Waals surface area contributed by atoms with Crippen molar-refractivity contribution in [2.24, 2.45) is 0 Å². The van der Waals surface area contributed by atoms with Gasteiger partial charge in [0, 0.05) is 5.88 Å². The van der Waals surface area contributed by atoms with E-state index >= 15 is 0 Å². The third-order valence-electron chi connectivity index (χ3n) is 2.15. The van der Waals surface area contributed by atoms with Crippen LogP contribution < -0.4 is 0 Å². The van der Waals surface area contributed by atoms with E-state index in [0.29, 0.717) is 5.88 Å². The molecule has 0 heterocycles. The molecular weight excluding hydrogens is 180 g/mol. The Balaban J connectivity index is 2.98. The van der Waals surface area contributed by atoms with E-state index in [2.05, 4.69) is 38.1 Å². The number of benzene rings is 1. The topological polar surface area (TPSA) is 0 Å². The molecule has 13 heavy (non-hydrogen) atoms. The van der Waals surface area contributed by atoms with Crippen molar-refractivity contribution in [1.82, 2.24) is 0 Å². The van der Waals surface area contributed by atoms with Gasteiger partial charge in [-0.15, -0.1) is 11.6 Å². The van der Waals surface area contributed by atoms with Crippen LogP contribution in [0.2, 0.25) is 0 Å². The molecule has 0 nitrogen and oxygen atoms in total. The third kappa shape index (κ3) is 2.89. The Morgan fingerprint density at radius 2 is 2.00 bits per heavy atom. The molecule has 0 aliphatic rings. The Bertz CT molecular complexity index is 324. The summed E-state index contributed by atoms with van der Waals surface area (Å²) < 4.78 is 0. The summed E-state index contributed by atoms with van der Waals surface area (Å²) in [5.74, 6) is 0.604. The fourth-order valence-corrected chi connectivity index (χ4v) is 1.25. The monoisotopic (exact) mass is 194 g/mol. The molecule has 0 saturated heterocycles. The average molecular weight is 195 g/mol. The van der Waals surface area contributed by atoms with Crippen LogP contribution in [0.4, 0.5) is 0 Å². The summed E-state index contributed by atoms with van der Waals surface area (Å²) in [6.45, 7) is 6.29. The van der Waals surface area contributed by atoms with Crippen LogP contribution in [0.15, 0.2) is 23.8 Å². The van der Waals surface area contributed by atoms with Gasteiger partial charge in [0.2, 0.25) is 0 Å². The summed E-state index contributed by atoms with van der Waals surface area (Å²) in [5, 5.41) is 0. The molecule has 1 aromatic carbocycles. The first-order valence-electron chi connectivity index (χ1n) is 4.44. The van der Waals surface area contributed by atoms with Crippen LogP contribution in [0.3, 0.4) is 0 Å². The SMILES string of the molecule is CC(=Cc1ccc(C)c(C)c1)CCl. The summed E-state index contributed by atoms with van der Waals surface area (Å²) >= 11 is 5.70. The normalized spacial score (nSPS) is 11.8. The van der Waals surface area contributed by atoms with E-state index in [4.69, 9.17) is 11.6 Å². The van der Waals surface area contributed by atoms with Gasteiger partial charge in [-0.1, -0.05) is 29.8 Å². The number of alkyl halides is 1. The Hall–Kier alpha value is -0.750. The van der Waals surface area contributed by atoms with E-state index < -0.39 is 0 Å². The largest absolute Gasteiger partial charge is 0.122 e. The van der Waals surface area contributed by atoms with Gasteiger partial charge in [0.15, 0.2) is 0 Å². The highest BCUT2D eigenvalue weighted by Crippen LogP contribution is 2.13. The molecule has 0 saturated carbocycles. The highest BCUT2D eigenvalue weighted by atomic mass is 35.5. The lowest BCUT2D eigenvalue weighted by Crippen LogP contribution is -1.83. The fraction of sp³-hybridized carbons (Fsp3) is 0.333. The minimum absolute atomic E-state index is 0.604. The van der Waals surface area contributed by atoms with Crippen molar-refractivity contribution in [2.75, 3.05) is 5.88 Å². The van der Waals surface area contributed by atoms with Crippen LogP contribution in [-0.2, 0) is 0 Å². The Morgan fingerprint density at radius 3 is 2.54 bits per heavy atom. The van der Waals surface area contributed by atoms with Gasteiger partial charge in [0.25, 0.3) is 0 Å². The van der Waals surface area contributed by atoms with Crippen LogP contribution in [-0.4, -0.2) is 5.88 Å². The van der Waals surface area contributed by atoms with Crippen LogP contribution in [0, 0.1) is 13.8 Å². The Labute approximate surface area is 85.2 Å².